The molecule has 0 aliphatic carbocycles. The molecule has 0 spiro atoms. The Balaban J connectivity index is 4.52. The second-order valence-electron chi connectivity index (χ2n) is 5.32. The van der Waals surface area contributed by atoms with Crippen LogP contribution in [0, 0.1) is 0 Å². The van der Waals surface area contributed by atoms with Crippen LogP contribution in [0.5, 0.6) is 0 Å². The lowest BCUT2D eigenvalue weighted by molar-refractivity contribution is 0.317. The molecule has 0 saturated heterocycles. The summed E-state index contributed by atoms with van der Waals surface area (Å²) in [6.45, 7) is 19.1. The van der Waals surface area contributed by atoms with E-state index >= 15 is 0 Å². The van der Waals surface area contributed by atoms with Crippen LogP contribution in [-0.4, -0.2) is 20.8 Å². The molecule has 0 radical (unpaired) electrons. The third-order valence-electron chi connectivity index (χ3n) is 2.81. The Kier molecular flexibility index (Phi) is 5.26. The second-order valence-corrected chi connectivity index (χ2v) is 10.0. The number of rotatable bonds is 4. The molecule has 0 rings (SSSR count). The Morgan fingerprint density at radius 3 is 2.19 bits per heavy atom. The Morgan fingerprint density at radius 1 is 1.31 bits per heavy atom. The van der Waals surface area contributed by atoms with Crippen LogP contribution in [0.2, 0.25) is 18.1 Å². The lowest BCUT2D eigenvalue weighted by Crippen LogP contribution is -2.40. The fraction of sp³-hybridized carbons (Fsp3) is 0.750. The van der Waals surface area contributed by atoms with Crippen molar-refractivity contribution in [3.63, 3.8) is 0 Å². The second kappa shape index (κ2) is 5.52. The molecule has 0 aromatic carbocycles. The molecule has 94 valence electrons. The summed E-state index contributed by atoms with van der Waals surface area (Å²) in [7, 11) is -1.82. The van der Waals surface area contributed by atoms with Crippen molar-refractivity contribution >= 4 is 14.2 Å². The molecule has 0 bridgehead atoms. The maximum atomic E-state index is 5.90. The smallest absolute Gasteiger partial charge is 0.252 e. The zero-order valence-electron chi connectivity index (χ0n) is 11.7. The van der Waals surface area contributed by atoms with Crippen LogP contribution < -0.4 is 0 Å². The first-order valence-electron chi connectivity index (χ1n) is 5.66. The average molecular weight is 243 g/mol. The first-order chi connectivity index (χ1) is 7.10. The van der Waals surface area contributed by atoms with Gasteiger partial charge in [-0.25, -0.2) is 0 Å². The minimum Gasteiger partial charge on any atom is -0.531 e. The van der Waals surface area contributed by atoms with E-state index in [-0.39, 0.29) is 5.04 Å². The highest BCUT2D eigenvalue weighted by molar-refractivity contribution is 6.74. The Labute approximate surface area is 101 Å². The summed E-state index contributed by atoms with van der Waals surface area (Å²) in [5, 5.41) is 0.158. The molecule has 0 aromatic heterocycles. The number of hydrogen-bond donors (Lipinski definition) is 0. The first kappa shape index (κ1) is 15.2. The normalized spacial score (nSPS) is 13.6. The molecule has 4 heteroatoms. The first-order valence-corrected chi connectivity index (χ1v) is 8.57. The summed E-state index contributed by atoms with van der Waals surface area (Å²) in [5.74, 6) is 1.06. The minimum absolute atomic E-state index is 0.158. The number of nitrogens with zero attached hydrogens (tertiary/aromatic N) is 1. The molecule has 0 heterocycles. The van der Waals surface area contributed by atoms with Gasteiger partial charge in [-0.1, -0.05) is 20.8 Å². The van der Waals surface area contributed by atoms with Crippen molar-refractivity contribution < 1.29 is 9.16 Å². The highest BCUT2D eigenvalue weighted by Gasteiger charge is 2.39. The van der Waals surface area contributed by atoms with Gasteiger partial charge in [0.25, 0.3) is 8.32 Å². The number of ether oxygens (including phenoxy) is 1. The summed E-state index contributed by atoms with van der Waals surface area (Å²) >= 11 is 0. The van der Waals surface area contributed by atoms with Gasteiger partial charge in [-0.05, 0) is 31.6 Å². The summed E-state index contributed by atoms with van der Waals surface area (Å²) in [5.41, 5.74) is 0. The fourth-order valence-electron chi connectivity index (χ4n) is 0.887. The van der Waals surface area contributed by atoms with E-state index in [2.05, 4.69) is 45.4 Å². The van der Waals surface area contributed by atoms with E-state index in [0.717, 1.165) is 0 Å². The van der Waals surface area contributed by atoms with Crippen molar-refractivity contribution in [1.29, 1.82) is 0 Å². The predicted molar refractivity (Wildman–Crippen MR) is 72.2 cm³/mol. The molecule has 0 saturated carbocycles. The molecule has 0 N–H and O–H groups in total. The summed E-state index contributed by atoms with van der Waals surface area (Å²) in [6, 6.07) is 0. The summed E-state index contributed by atoms with van der Waals surface area (Å²) in [6.07, 6.45) is 0. The lowest BCUT2D eigenvalue weighted by Gasteiger charge is -2.36. The van der Waals surface area contributed by atoms with Gasteiger partial charge in [0.2, 0.25) is 0 Å². The zero-order chi connectivity index (χ0) is 13.0. The van der Waals surface area contributed by atoms with E-state index in [1.165, 1.54) is 0 Å². The third kappa shape index (κ3) is 4.83. The molecule has 16 heavy (non-hydrogen) atoms. The van der Waals surface area contributed by atoms with E-state index < -0.39 is 8.32 Å². The van der Waals surface area contributed by atoms with Gasteiger partial charge < -0.3 is 9.16 Å². The van der Waals surface area contributed by atoms with E-state index in [9.17, 15) is 0 Å². The van der Waals surface area contributed by atoms with Crippen LogP contribution in [-0.2, 0) is 9.16 Å². The van der Waals surface area contributed by atoms with Crippen molar-refractivity contribution in [3.8, 4) is 0 Å². The largest absolute Gasteiger partial charge is 0.531 e. The lowest BCUT2D eigenvalue weighted by atomic mass is 10.2. The molecule has 3 nitrogen and oxygen atoms in total. The van der Waals surface area contributed by atoms with E-state index in [4.69, 9.17) is 9.16 Å². The third-order valence-corrected chi connectivity index (χ3v) is 7.17. The average Bonchev–Trinajstić information content (AvgIpc) is 1.99. The van der Waals surface area contributed by atoms with Crippen LogP contribution >= 0.6 is 0 Å². The quantitative estimate of drug-likeness (QED) is 0.324. The predicted octanol–water partition coefficient (Wildman–Crippen LogP) is 3.93. The standard InChI is InChI=1S/C12H25NO2Si/c1-9-14-10(2)13-11(3)15-16(7,8)12(4,5)6/h3,9H2,1-2,4-8H3/b13-10-. The SMILES string of the molecule is C=C(/N=C(/C)OCC)O[Si](C)(C)C(C)(C)C. The van der Waals surface area contributed by atoms with Crippen LogP contribution in [0.15, 0.2) is 17.5 Å². The molecule has 0 fully saturated rings. The van der Waals surface area contributed by atoms with Gasteiger partial charge in [-0.3, -0.25) is 0 Å². The molecule has 0 amide bonds. The minimum atomic E-state index is -1.82. The van der Waals surface area contributed by atoms with Gasteiger partial charge >= 0.3 is 0 Å². The van der Waals surface area contributed by atoms with Crippen molar-refractivity contribution in [3.05, 3.63) is 12.5 Å². The topological polar surface area (TPSA) is 30.8 Å². The van der Waals surface area contributed by atoms with Crippen molar-refractivity contribution in [2.45, 2.75) is 52.8 Å². The molecular formula is C12H25NO2Si. The number of aliphatic imine (C=N–C) groups is 1. The highest BCUT2D eigenvalue weighted by atomic mass is 28.4. The molecule has 0 atom stereocenters. The fourth-order valence-corrected chi connectivity index (χ4v) is 1.83. The van der Waals surface area contributed by atoms with Crippen LogP contribution in [0.1, 0.15) is 34.6 Å². The van der Waals surface area contributed by atoms with Crippen LogP contribution in [0.4, 0.5) is 0 Å². The number of hydrogen-bond acceptors (Lipinski definition) is 3. The highest BCUT2D eigenvalue weighted by Crippen LogP contribution is 2.37. The Hall–Kier alpha value is -0.773. The zero-order valence-corrected chi connectivity index (χ0v) is 12.7. The Morgan fingerprint density at radius 2 is 1.81 bits per heavy atom. The van der Waals surface area contributed by atoms with Gasteiger partial charge in [-0.15, -0.1) is 0 Å². The van der Waals surface area contributed by atoms with Crippen LogP contribution in [0.3, 0.4) is 0 Å². The van der Waals surface area contributed by atoms with E-state index in [0.29, 0.717) is 18.4 Å². The van der Waals surface area contributed by atoms with Gasteiger partial charge in [0, 0.05) is 6.92 Å². The van der Waals surface area contributed by atoms with Gasteiger partial charge in [-0.2, -0.15) is 4.99 Å². The Bertz CT molecular complexity index is 277. The van der Waals surface area contributed by atoms with Gasteiger partial charge in [0.15, 0.2) is 11.8 Å². The monoisotopic (exact) mass is 243 g/mol. The van der Waals surface area contributed by atoms with Crippen molar-refractivity contribution in [2.75, 3.05) is 6.61 Å². The maximum absolute atomic E-state index is 5.90. The van der Waals surface area contributed by atoms with E-state index in [1.807, 2.05) is 13.8 Å². The van der Waals surface area contributed by atoms with Crippen molar-refractivity contribution in [1.82, 2.24) is 0 Å². The maximum Gasteiger partial charge on any atom is 0.252 e. The summed E-state index contributed by atoms with van der Waals surface area (Å²) in [4.78, 5) is 4.18. The van der Waals surface area contributed by atoms with Gasteiger partial charge in [0.05, 0.1) is 6.61 Å². The summed E-state index contributed by atoms with van der Waals surface area (Å²) < 4.78 is 11.1. The molecule has 0 unspecified atom stereocenters. The molecular weight excluding hydrogens is 218 g/mol. The molecule has 0 aromatic rings. The van der Waals surface area contributed by atoms with Gasteiger partial charge in [0.1, 0.15) is 0 Å². The molecule has 0 aliphatic rings. The molecule has 0 aliphatic heterocycles. The van der Waals surface area contributed by atoms with Crippen LogP contribution in [0.25, 0.3) is 0 Å². The van der Waals surface area contributed by atoms with Crippen molar-refractivity contribution in [2.24, 2.45) is 4.99 Å². The van der Waals surface area contributed by atoms with E-state index in [1.54, 1.807) is 0 Å².